The highest BCUT2D eigenvalue weighted by Crippen LogP contribution is 2.03. The normalized spacial score (nSPS) is 13.4. The van der Waals surface area contributed by atoms with Gasteiger partial charge in [0.2, 0.25) is 0 Å². The van der Waals surface area contributed by atoms with Crippen LogP contribution in [0, 0.1) is 0 Å². The predicted molar refractivity (Wildman–Crippen MR) is 50.6 cm³/mol. The summed E-state index contributed by atoms with van der Waals surface area (Å²) in [6, 6.07) is 2.55. The first kappa shape index (κ1) is 11.1. The van der Waals surface area contributed by atoms with Crippen LogP contribution in [-0.4, -0.2) is 29.4 Å². The molecule has 0 radical (unpaired) electrons. The molecule has 0 saturated carbocycles. The molecule has 0 spiro atoms. The van der Waals surface area contributed by atoms with Crippen molar-refractivity contribution in [2.75, 3.05) is 20.3 Å². The van der Waals surface area contributed by atoms with Gasteiger partial charge in [0.15, 0.2) is 9.04 Å². The van der Waals surface area contributed by atoms with Crippen LogP contribution in [0.5, 0.6) is 0 Å². The van der Waals surface area contributed by atoms with E-state index in [1.165, 1.54) is 18.5 Å². The van der Waals surface area contributed by atoms with Crippen molar-refractivity contribution in [1.29, 1.82) is 0 Å². The van der Waals surface area contributed by atoms with Gasteiger partial charge >= 0.3 is 0 Å². The Morgan fingerprint density at radius 3 is 2.36 bits per heavy atom. The lowest BCUT2D eigenvalue weighted by Gasteiger charge is -2.12. The van der Waals surface area contributed by atoms with Crippen LogP contribution < -0.4 is 0 Å². The third-order valence-electron chi connectivity index (χ3n) is 1.71. The summed E-state index contributed by atoms with van der Waals surface area (Å²) in [6.45, 7) is 5.98. The van der Waals surface area contributed by atoms with Gasteiger partial charge in [-0.1, -0.05) is 20.3 Å². The number of rotatable bonds is 7. The maximum Gasteiger partial charge on any atom is 0.176 e. The van der Waals surface area contributed by atoms with Crippen LogP contribution in [0.4, 0.5) is 0 Å². The summed E-state index contributed by atoms with van der Waals surface area (Å²) in [4.78, 5) is 0. The number of methoxy groups -OCH3 is 1. The third kappa shape index (κ3) is 6.53. The van der Waals surface area contributed by atoms with Crippen LogP contribution >= 0.6 is 0 Å². The summed E-state index contributed by atoms with van der Waals surface area (Å²) < 4.78 is 10.6. The smallest absolute Gasteiger partial charge is 0.176 e. The zero-order chi connectivity index (χ0) is 8.53. The highest BCUT2D eigenvalue weighted by molar-refractivity contribution is 6.51. The van der Waals surface area contributed by atoms with Gasteiger partial charge in [-0.05, 0) is 12.1 Å². The van der Waals surface area contributed by atoms with Gasteiger partial charge in [-0.15, -0.1) is 0 Å². The zero-order valence-electron chi connectivity index (χ0n) is 7.93. The monoisotopic (exact) mass is 176 g/mol. The molecule has 11 heavy (non-hydrogen) atoms. The van der Waals surface area contributed by atoms with Crippen LogP contribution in [0.3, 0.4) is 0 Å². The topological polar surface area (TPSA) is 18.5 Å². The molecular weight excluding hydrogens is 156 g/mol. The minimum Gasteiger partial charge on any atom is -0.418 e. The Hall–Kier alpha value is 0.137. The van der Waals surface area contributed by atoms with E-state index in [0.29, 0.717) is 0 Å². The van der Waals surface area contributed by atoms with Crippen LogP contribution in [0.25, 0.3) is 0 Å². The largest absolute Gasteiger partial charge is 0.418 e. The molecule has 0 aliphatic rings. The molecule has 0 aromatic carbocycles. The zero-order valence-corrected chi connectivity index (χ0v) is 9.08. The molecule has 0 aromatic heterocycles. The van der Waals surface area contributed by atoms with Gasteiger partial charge in [-0.25, -0.2) is 0 Å². The first-order chi connectivity index (χ1) is 5.35. The van der Waals surface area contributed by atoms with Gasteiger partial charge < -0.3 is 9.16 Å². The molecular formula is C8H20O2Si. The van der Waals surface area contributed by atoms with Crippen LogP contribution in [0.15, 0.2) is 0 Å². The van der Waals surface area contributed by atoms with E-state index in [4.69, 9.17) is 9.16 Å². The van der Waals surface area contributed by atoms with Crippen molar-refractivity contribution in [3.8, 4) is 0 Å². The first-order valence-electron chi connectivity index (χ1n) is 4.45. The average molecular weight is 176 g/mol. The molecule has 0 amide bonds. The number of hydrogen-bond acceptors (Lipinski definition) is 2. The minimum absolute atomic E-state index is 0.743. The Morgan fingerprint density at radius 1 is 1.18 bits per heavy atom. The molecule has 1 unspecified atom stereocenters. The highest BCUT2D eigenvalue weighted by atomic mass is 28.3. The maximum absolute atomic E-state index is 5.69. The van der Waals surface area contributed by atoms with Gasteiger partial charge in [0.05, 0.1) is 13.2 Å². The molecule has 68 valence electrons. The lowest BCUT2D eigenvalue weighted by Crippen LogP contribution is -2.18. The maximum atomic E-state index is 5.69. The number of ether oxygens (including phenoxy) is 1. The van der Waals surface area contributed by atoms with Crippen molar-refractivity contribution in [2.24, 2.45) is 0 Å². The molecule has 0 N–H and O–H groups in total. The summed E-state index contributed by atoms with van der Waals surface area (Å²) in [5, 5.41) is 0. The second kappa shape index (κ2) is 8.24. The second-order valence-corrected chi connectivity index (χ2v) is 5.65. The van der Waals surface area contributed by atoms with E-state index in [1.54, 1.807) is 7.11 Å². The van der Waals surface area contributed by atoms with E-state index in [0.717, 1.165) is 13.2 Å². The van der Waals surface area contributed by atoms with Gasteiger partial charge in [-0.2, -0.15) is 0 Å². The van der Waals surface area contributed by atoms with E-state index in [-0.39, 0.29) is 0 Å². The van der Waals surface area contributed by atoms with Crippen LogP contribution in [0.2, 0.25) is 12.1 Å². The van der Waals surface area contributed by atoms with Crippen molar-refractivity contribution in [2.45, 2.75) is 32.4 Å². The number of hydrogen-bond donors (Lipinski definition) is 0. The fourth-order valence-corrected chi connectivity index (χ4v) is 2.91. The van der Waals surface area contributed by atoms with E-state index >= 15 is 0 Å². The standard InChI is InChI=1S/C8H20O2Si/c1-4-8-11(5-2)10-7-6-9-3/h11H,4-8H2,1-3H3. The quantitative estimate of drug-likeness (QED) is 0.435. The average Bonchev–Trinajstić information content (AvgIpc) is 2.03. The lowest BCUT2D eigenvalue weighted by molar-refractivity contribution is 0.145. The Labute approximate surface area is 71.6 Å². The Bertz CT molecular complexity index is 78.5. The first-order valence-corrected chi connectivity index (χ1v) is 6.56. The summed E-state index contributed by atoms with van der Waals surface area (Å²) in [5.74, 6) is 0. The Morgan fingerprint density at radius 2 is 1.91 bits per heavy atom. The van der Waals surface area contributed by atoms with Crippen molar-refractivity contribution in [1.82, 2.24) is 0 Å². The fraction of sp³-hybridized carbons (Fsp3) is 1.00. The molecule has 0 fully saturated rings. The summed E-state index contributed by atoms with van der Waals surface area (Å²) in [6.07, 6.45) is 1.26. The Balaban J connectivity index is 3.20. The van der Waals surface area contributed by atoms with Crippen molar-refractivity contribution in [3.05, 3.63) is 0 Å². The summed E-state index contributed by atoms with van der Waals surface area (Å²) >= 11 is 0. The second-order valence-electron chi connectivity index (χ2n) is 2.68. The van der Waals surface area contributed by atoms with Gasteiger partial charge in [0, 0.05) is 7.11 Å². The fourth-order valence-electron chi connectivity index (χ4n) is 1.03. The highest BCUT2D eigenvalue weighted by Gasteiger charge is 2.06. The molecule has 3 heteroatoms. The van der Waals surface area contributed by atoms with Crippen molar-refractivity contribution < 1.29 is 9.16 Å². The molecule has 2 nitrogen and oxygen atoms in total. The molecule has 1 atom stereocenters. The molecule has 0 bridgehead atoms. The van der Waals surface area contributed by atoms with E-state index in [2.05, 4.69) is 13.8 Å². The molecule has 0 heterocycles. The molecule has 0 saturated heterocycles. The van der Waals surface area contributed by atoms with Crippen LogP contribution in [-0.2, 0) is 9.16 Å². The molecule has 0 rings (SSSR count). The van der Waals surface area contributed by atoms with Gasteiger partial charge in [0.1, 0.15) is 0 Å². The van der Waals surface area contributed by atoms with E-state index in [9.17, 15) is 0 Å². The van der Waals surface area contributed by atoms with Crippen molar-refractivity contribution >= 4 is 9.04 Å². The molecule has 0 aliphatic heterocycles. The lowest BCUT2D eigenvalue weighted by atomic mass is 10.6. The SMILES string of the molecule is CCC[SiH](CC)OCCOC. The molecule has 0 aliphatic carbocycles. The summed E-state index contributed by atoms with van der Waals surface area (Å²) in [5.41, 5.74) is 0. The van der Waals surface area contributed by atoms with Crippen molar-refractivity contribution in [3.63, 3.8) is 0 Å². The predicted octanol–water partition coefficient (Wildman–Crippen LogP) is 1.80. The van der Waals surface area contributed by atoms with Crippen LogP contribution in [0.1, 0.15) is 20.3 Å². The third-order valence-corrected chi connectivity index (χ3v) is 4.55. The van der Waals surface area contributed by atoms with Gasteiger partial charge in [0.25, 0.3) is 0 Å². The summed E-state index contributed by atoms with van der Waals surface area (Å²) in [7, 11) is 0.889. The minimum atomic E-state index is -0.825. The van der Waals surface area contributed by atoms with Gasteiger partial charge in [-0.3, -0.25) is 0 Å². The van der Waals surface area contributed by atoms with E-state index in [1.807, 2.05) is 0 Å². The molecule has 0 aromatic rings. The Kier molecular flexibility index (Phi) is 8.34. The van der Waals surface area contributed by atoms with E-state index < -0.39 is 9.04 Å².